The standard InChI is InChI=1S/C29H32FN5O5/c1-19(36)27(29(39)33-40)32-28(38)22-8-6-20(7-9-22)21-10-12-23(13-11-21)31-26(37)18-34-14-16-35(17-15-34)25-5-3-2-4-24(25)30/h2-13,19,27,36,40H,14-18H2,1H3,(H,31,37)(H,32,38)(H,33,39)/t19-,27+/m1/s1. The number of anilines is 2. The lowest BCUT2D eigenvalue weighted by atomic mass is 10.0. The van der Waals surface area contributed by atoms with Crippen LogP contribution >= 0.6 is 0 Å². The summed E-state index contributed by atoms with van der Waals surface area (Å²) in [4.78, 5) is 40.7. The fourth-order valence-corrected chi connectivity index (χ4v) is 4.52. The first-order valence-corrected chi connectivity index (χ1v) is 12.9. The minimum atomic E-state index is -1.30. The largest absolute Gasteiger partial charge is 0.391 e. The zero-order chi connectivity index (χ0) is 28.6. The highest BCUT2D eigenvalue weighted by atomic mass is 19.1. The molecule has 0 radical (unpaired) electrons. The summed E-state index contributed by atoms with van der Waals surface area (Å²) in [5.74, 6) is -1.87. The van der Waals surface area contributed by atoms with Crippen molar-refractivity contribution in [2.24, 2.45) is 0 Å². The van der Waals surface area contributed by atoms with Crippen LogP contribution in [-0.4, -0.2) is 77.8 Å². The van der Waals surface area contributed by atoms with Crippen LogP contribution in [0.5, 0.6) is 0 Å². The predicted octanol–water partition coefficient (Wildman–Crippen LogP) is 2.24. The van der Waals surface area contributed by atoms with Crippen LogP contribution in [0.3, 0.4) is 0 Å². The number of carbonyl (C=O) groups is 3. The predicted molar refractivity (Wildman–Crippen MR) is 148 cm³/mol. The molecule has 0 aromatic heterocycles. The number of hydrogen-bond acceptors (Lipinski definition) is 7. The zero-order valence-corrected chi connectivity index (χ0v) is 22.0. The Bertz CT molecular complexity index is 1330. The van der Waals surface area contributed by atoms with Crippen LogP contribution in [0.4, 0.5) is 15.8 Å². The lowest BCUT2D eigenvalue weighted by molar-refractivity contribution is -0.133. The van der Waals surface area contributed by atoms with Gasteiger partial charge in [-0.2, -0.15) is 0 Å². The molecule has 0 spiro atoms. The fourth-order valence-electron chi connectivity index (χ4n) is 4.52. The Kier molecular flexibility index (Phi) is 9.43. The highest BCUT2D eigenvalue weighted by molar-refractivity contribution is 5.98. The second-order valence-corrected chi connectivity index (χ2v) is 9.59. The lowest BCUT2D eigenvalue weighted by Crippen LogP contribution is -2.51. The van der Waals surface area contributed by atoms with E-state index in [1.807, 2.05) is 28.0 Å². The number of benzene rings is 3. The normalized spacial score (nSPS) is 15.2. The maximum Gasteiger partial charge on any atom is 0.268 e. The van der Waals surface area contributed by atoms with Crippen molar-refractivity contribution < 1.29 is 29.1 Å². The number of para-hydroxylation sites is 1. The summed E-state index contributed by atoms with van der Waals surface area (Å²) in [5, 5.41) is 23.8. The van der Waals surface area contributed by atoms with E-state index in [0.29, 0.717) is 37.6 Å². The molecule has 3 amide bonds. The fraction of sp³-hybridized carbons (Fsp3) is 0.276. The quantitative estimate of drug-likeness (QED) is 0.204. The third-order valence-electron chi connectivity index (χ3n) is 6.74. The maximum atomic E-state index is 14.0. The first-order valence-electron chi connectivity index (χ1n) is 12.9. The Hall–Kier alpha value is -4.32. The third kappa shape index (κ3) is 7.20. The van der Waals surface area contributed by atoms with Crippen LogP contribution in [0.25, 0.3) is 11.1 Å². The van der Waals surface area contributed by atoms with Crippen LogP contribution < -0.4 is 21.0 Å². The van der Waals surface area contributed by atoms with Gasteiger partial charge in [-0.15, -0.1) is 0 Å². The number of aliphatic hydroxyl groups excluding tert-OH is 1. The summed E-state index contributed by atoms with van der Waals surface area (Å²) in [6.07, 6.45) is -1.20. The number of nitrogens with one attached hydrogen (secondary N) is 3. The van der Waals surface area contributed by atoms with Crippen molar-refractivity contribution >= 4 is 29.1 Å². The first-order chi connectivity index (χ1) is 19.2. The molecule has 0 aliphatic carbocycles. The van der Waals surface area contributed by atoms with Gasteiger partial charge in [-0.1, -0.05) is 36.4 Å². The molecule has 210 valence electrons. The topological polar surface area (TPSA) is 134 Å². The van der Waals surface area contributed by atoms with Gasteiger partial charge in [0.1, 0.15) is 11.9 Å². The molecule has 0 saturated carbocycles. The highest BCUT2D eigenvalue weighted by Gasteiger charge is 2.26. The smallest absolute Gasteiger partial charge is 0.268 e. The van der Waals surface area contributed by atoms with Gasteiger partial charge in [-0.3, -0.25) is 24.5 Å². The number of aliphatic hydroxyl groups is 1. The zero-order valence-electron chi connectivity index (χ0n) is 22.0. The number of amides is 3. The molecule has 40 heavy (non-hydrogen) atoms. The SMILES string of the molecule is C[C@@H](O)[C@H](NC(=O)c1ccc(-c2ccc(NC(=O)CN3CCN(c4ccccc4F)CC3)cc2)cc1)C(=O)NO. The van der Waals surface area contributed by atoms with Crippen LogP contribution in [0.2, 0.25) is 0 Å². The molecule has 11 heteroatoms. The van der Waals surface area contributed by atoms with Crippen molar-refractivity contribution in [2.75, 3.05) is 42.9 Å². The highest BCUT2D eigenvalue weighted by Crippen LogP contribution is 2.23. The molecule has 2 atom stereocenters. The van der Waals surface area contributed by atoms with E-state index in [-0.39, 0.29) is 23.8 Å². The second kappa shape index (κ2) is 13.2. The van der Waals surface area contributed by atoms with E-state index >= 15 is 0 Å². The van der Waals surface area contributed by atoms with E-state index in [0.717, 1.165) is 11.1 Å². The summed E-state index contributed by atoms with van der Waals surface area (Å²) < 4.78 is 14.0. The molecule has 0 unspecified atom stereocenters. The molecule has 3 aromatic carbocycles. The van der Waals surface area contributed by atoms with Gasteiger partial charge in [-0.25, -0.2) is 9.87 Å². The van der Waals surface area contributed by atoms with Crippen LogP contribution in [0.1, 0.15) is 17.3 Å². The number of halogens is 1. The molecular formula is C29H32FN5O5. The van der Waals surface area contributed by atoms with Gasteiger partial charge in [0.05, 0.1) is 18.3 Å². The summed E-state index contributed by atoms with van der Waals surface area (Å²) in [7, 11) is 0. The van der Waals surface area contributed by atoms with Crippen molar-refractivity contribution in [1.82, 2.24) is 15.7 Å². The van der Waals surface area contributed by atoms with Crippen molar-refractivity contribution in [1.29, 1.82) is 0 Å². The van der Waals surface area contributed by atoms with E-state index in [1.54, 1.807) is 48.5 Å². The van der Waals surface area contributed by atoms with Crippen LogP contribution in [0, 0.1) is 5.82 Å². The van der Waals surface area contributed by atoms with Crippen molar-refractivity contribution in [3.63, 3.8) is 0 Å². The van der Waals surface area contributed by atoms with E-state index in [4.69, 9.17) is 5.21 Å². The number of hydroxylamine groups is 1. The summed E-state index contributed by atoms with van der Waals surface area (Å²) in [6.45, 7) is 4.16. The van der Waals surface area contributed by atoms with Gasteiger partial charge >= 0.3 is 0 Å². The molecule has 1 heterocycles. The van der Waals surface area contributed by atoms with Gasteiger partial charge in [0.25, 0.3) is 11.8 Å². The molecule has 1 aliphatic heterocycles. The summed E-state index contributed by atoms with van der Waals surface area (Å²) in [6, 6.07) is 19.4. The van der Waals surface area contributed by atoms with Crippen LogP contribution in [0.15, 0.2) is 72.8 Å². The van der Waals surface area contributed by atoms with Gasteiger partial charge in [0, 0.05) is 37.4 Å². The Morgan fingerprint density at radius 3 is 2.08 bits per heavy atom. The molecule has 1 fully saturated rings. The first kappa shape index (κ1) is 28.7. The lowest BCUT2D eigenvalue weighted by Gasteiger charge is -2.35. The number of rotatable bonds is 9. The monoisotopic (exact) mass is 549 g/mol. The third-order valence-corrected chi connectivity index (χ3v) is 6.74. The van der Waals surface area contributed by atoms with Gasteiger partial charge in [-0.05, 0) is 54.4 Å². The Morgan fingerprint density at radius 1 is 0.900 bits per heavy atom. The molecule has 10 nitrogen and oxygen atoms in total. The van der Waals surface area contributed by atoms with E-state index in [9.17, 15) is 23.9 Å². The molecular weight excluding hydrogens is 517 g/mol. The van der Waals surface area contributed by atoms with Crippen molar-refractivity contribution in [3.8, 4) is 11.1 Å². The van der Waals surface area contributed by atoms with E-state index in [1.165, 1.54) is 18.5 Å². The Morgan fingerprint density at radius 2 is 1.50 bits per heavy atom. The van der Waals surface area contributed by atoms with Crippen LogP contribution in [-0.2, 0) is 9.59 Å². The second-order valence-electron chi connectivity index (χ2n) is 9.59. The molecule has 4 rings (SSSR count). The Labute approximate surface area is 231 Å². The average Bonchev–Trinajstić information content (AvgIpc) is 2.96. The molecule has 3 aromatic rings. The summed E-state index contributed by atoms with van der Waals surface area (Å²) >= 11 is 0. The van der Waals surface area contributed by atoms with Gasteiger partial charge in [0.15, 0.2) is 0 Å². The minimum Gasteiger partial charge on any atom is -0.391 e. The maximum absolute atomic E-state index is 14.0. The number of hydrogen-bond donors (Lipinski definition) is 5. The van der Waals surface area contributed by atoms with Gasteiger partial charge in [0.2, 0.25) is 5.91 Å². The van der Waals surface area contributed by atoms with E-state index < -0.39 is 24.0 Å². The number of piperazine rings is 1. The minimum absolute atomic E-state index is 0.132. The average molecular weight is 550 g/mol. The molecule has 5 N–H and O–H groups in total. The number of carbonyl (C=O) groups excluding carboxylic acids is 3. The molecule has 0 bridgehead atoms. The molecule has 1 saturated heterocycles. The molecule has 1 aliphatic rings. The summed E-state index contributed by atoms with van der Waals surface area (Å²) in [5.41, 5.74) is 4.65. The van der Waals surface area contributed by atoms with Gasteiger partial charge < -0.3 is 20.6 Å². The van der Waals surface area contributed by atoms with Crippen molar-refractivity contribution in [2.45, 2.75) is 19.1 Å². The van der Waals surface area contributed by atoms with Crippen molar-refractivity contribution in [3.05, 3.63) is 84.2 Å². The van der Waals surface area contributed by atoms with E-state index in [2.05, 4.69) is 10.6 Å². The Balaban J connectivity index is 1.27. The number of nitrogens with zero attached hydrogens (tertiary/aromatic N) is 2.